The molecule has 0 bridgehead atoms. The highest BCUT2D eigenvalue weighted by atomic mass is 15.0. The van der Waals surface area contributed by atoms with E-state index in [0.717, 1.165) is 6.42 Å². The molecule has 1 atom stereocenters. The Morgan fingerprint density at radius 1 is 0.564 bits per heavy atom. The summed E-state index contributed by atoms with van der Waals surface area (Å²) in [4.78, 5) is 0. The van der Waals surface area contributed by atoms with Gasteiger partial charge >= 0.3 is 0 Å². The molecule has 0 radical (unpaired) electrons. The maximum absolute atomic E-state index is 3.87. The van der Waals surface area contributed by atoms with Crippen molar-refractivity contribution in [3.8, 4) is 0 Å². The van der Waals surface area contributed by atoms with Crippen molar-refractivity contribution in [1.29, 1.82) is 0 Å². The Labute approximate surface area is 233 Å². The van der Waals surface area contributed by atoms with Crippen LogP contribution in [0.4, 0.5) is 5.69 Å². The van der Waals surface area contributed by atoms with Gasteiger partial charge in [0.2, 0.25) is 0 Å². The first-order valence-electron chi connectivity index (χ1n) is 14.0. The Balaban J connectivity index is 1.68. The maximum Gasteiger partial charge on any atom is 0.0701 e. The van der Waals surface area contributed by atoms with Crippen LogP contribution in [0, 0.1) is 6.92 Å². The van der Waals surface area contributed by atoms with Crippen LogP contribution >= 0.6 is 0 Å². The number of hydrogen-bond acceptors (Lipinski definition) is 1. The first-order chi connectivity index (χ1) is 18.8. The molecule has 5 aromatic carbocycles. The third-order valence-electron chi connectivity index (χ3n) is 8.62. The van der Waals surface area contributed by atoms with E-state index in [1.807, 2.05) is 0 Å². The first-order valence-corrected chi connectivity index (χ1v) is 14.0. The van der Waals surface area contributed by atoms with Crippen LogP contribution < -0.4 is 5.32 Å². The van der Waals surface area contributed by atoms with Crippen LogP contribution in [-0.2, 0) is 10.8 Å². The van der Waals surface area contributed by atoms with Gasteiger partial charge in [0.05, 0.1) is 5.41 Å². The fraction of sp³-hybridized carbons (Fsp3) is 0.211. The molecule has 0 aromatic heterocycles. The van der Waals surface area contributed by atoms with E-state index in [0.29, 0.717) is 0 Å². The molecule has 1 nitrogen and oxygen atoms in total. The van der Waals surface area contributed by atoms with Crippen LogP contribution in [0.3, 0.4) is 0 Å². The molecule has 0 fully saturated rings. The van der Waals surface area contributed by atoms with E-state index in [2.05, 4.69) is 166 Å². The summed E-state index contributed by atoms with van der Waals surface area (Å²) < 4.78 is 0. The number of rotatable bonds is 5. The monoisotopic (exact) mass is 507 g/mol. The molecule has 1 N–H and O–H groups in total. The van der Waals surface area contributed by atoms with E-state index in [9.17, 15) is 0 Å². The molecule has 1 aliphatic rings. The van der Waals surface area contributed by atoms with E-state index in [1.54, 1.807) is 0 Å². The van der Waals surface area contributed by atoms with Crippen LogP contribution in [0.15, 0.2) is 133 Å². The topological polar surface area (TPSA) is 12.0 Å². The van der Waals surface area contributed by atoms with Crippen molar-refractivity contribution in [3.63, 3.8) is 0 Å². The van der Waals surface area contributed by atoms with E-state index in [1.165, 1.54) is 44.6 Å². The molecular weight excluding hydrogens is 470 g/mol. The maximum atomic E-state index is 3.87. The Kier molecular flexibility index (Phi) is 6.19. The molecular formula is C38H37N. The second-order valence-electron chi connectivity index (χ2n) is 12.0. The summed E-state index contributed by atoms with van der Waals surface area (Å²) in [5.41, 5.74) is 9.70. The van der Waals surface area contributed by atoms with Gasteiger partial charge in [0.1, 0.15) is 0 Å². The lowest BCUT2D eigenvalue weighted by Crippen LogP contribution is -2.45. The Hall–Kier alpha value is -4.10. The largest absolute Gasteiger partial charge is 0.380 e. The number of benzene rings is 5. The minimum absolute atomic E-state index is 0.0243. The quantitative estimate of drug-likeness (QED) is 0.234. The Morgan fingerprint density at radius 3 is 1.54 bits per heavy atom. The lowest BCUT2D eigenvalue weighted by atomic mass is 9.62. The van der Waals surface area contributed by atoms with Gasteiger partial charge in [0, 0.05) is 16.6 Å². The van der Waals surface area contributed by atoms with Crippen LogP contribution in [0.5, 0.6) is 0 Å². The third-order valence-corrected chi connectivity index (χ3v) is 8.62. The zero-order valence-corrected chi connectivity index (χ0v) is 23.4. The van der Waals surface area contributed by atoms with Crippen molar-refractivity contribution in [2.24, 2.45) is 0 Å². The fourth-order valence-corrected chi connectivity index (χ4v) is 6.97. The van der Waals surface area contributed by atoms with Crippen molar-refractivity contribution in [2.45, 2.75) is 50.5 Å². The van der Waals surface area contributed by atoms with E-state index in [4.69, 9.17) is 0 Å². The van der Waals surface area contributed by atoms with Crippen molar-refractivity contribution in [3.05, 3.63) is 172 Å². The summed E-state index contributed by atoms with van der Waals surface area (Å²) in [7, 11) is 0. The van der Waals surface area contributed by atoms with Gasteiger partial charge in [-0.25, -0.2) is 0 Å². The van der Waals surface area contributed by atoms with Crippen LogP contribution in [0.25, 0.3) is 0 Å². The third kappa shape index (κ3) is 4.27. The number of anilines is 1. The Morgan fingerprint density at radius 2 is 1.05 bits per heavy atom. The van der Waals surface area contributed by atoms with Gasteiger partial charge in [0.15, 0.2) is 0 Å². The molecule has 1 heterocycles. The zero-order valence-electron chi connectivity index (χ0n) is 23.4. The van der Waals surface area contributed by atoms with Gasteiger partial charge in [0.25, 0.3) is 0 Å². The highest BCUT2D eigenvalue weighted by molar-refractivity contribution is 5.68. The van der Waals surface area contributed by atoms with Gasteiger partial charge in [-0.2, -0.15) is 0 Å². The minimum Gasteiger partial charge on any atom is -0.380 e. The average Bonchev–Trinajstić information content (AvgIpc) is 2.95. The molecule has 0 amide bonds. The van der Waals surface area contributed by atoms with Crippen molar-refractivity contribution in [1.82, 2.24) is 0 Å². The summed E-state index contributed by atoms with van der Waals surface area (Å²) in [6, 6.07) is 49.3. The molecule has 194 valence electrons. The highest BCUT2D eigenvalue weighted by Crippen LogP contribution is 2.51. The molecule has 0 saturated heterocycles. The molecule has 0 aliphatic carbocycles. The molecule has 5 aromatic rings. The van der Waals surface area contributed by atoms with Crippen molar-refractivity contribution >= 4 is 5.69 Å². The lowest BCUT2D eigenvalue weighted by Gasteiger charge is -2.47. The summed E-state index contributed by atoms with van der Waals surface area (Å²) in [6.07, 6.45) is 1.01. The fourth-order valence-electron chi connectivity index (χ4n) is 6.97. The number of nitrogens with one attached hydrogen (secondary N) is 1. The zero-order chi connectivity index (χ0) is 27.1. The van der Waals surface area contributed by atoms with E-state index < -0.39 is 5.41 Å². The smallest absolute Gasteiger partial charge is 0.0701 e. The summed E-state index contributed by atoms with van der Waals surface area (Å²) in [5, 5.41) is 3.87. The molecule has 6 rings (SSSR count). The predicted octanol–water partition coefficient (Wildman–Crippen LogP) is 9.28. The van der Waals surface area contributed by atoms with Gasteiger partial charge in [-0.15, -0.1) is 0 Å². The summed E-state index contributed by atoms with van der Waals surface area (Å²) in [5.74, 6) is 0. The standard InChI is InChI=1S/C38H37N/c1-28-20-22-29(23-21-28)37(4)27-36(2,3)39-35-25-24-33(26-34(35)37)38(30-14-8-5-9-15-30,31-16-10-6-11-17-31)32-18-12-7-13-19-32/h5-26,39H,27H2,1-4H3/t37-/m0/s1. The van der Waals surface area contributed by atoms with Crippen LogP contribution in [0.2, 0.25) is 0 Å². The van der Waals surface area contributed by atoms with Gasteiger partial charge in [-0.05, 0) is 66.6 Å². The lowest BCUT2D eigenvalue weighted by molar-refractivity contribution is 0.377. The number of hydrogen-bond donors (Lipinski definition) is 1. The Bertz CT molecular complexity index is 1470. The van der Waals surface area contributed by atoms with Gasteiger partial charge in [-0.1, -0.05) is 140 Å². The van der Waals surface area contributed by atoms with Crippen molar-refractivity contribution < 1.29 is 0 Å². The molecule has 0 spiro atoms. The summed E-state index contributed by atoms with van der Waals surface area (Å²) >= 11 is 0. The SMILES string of the molecule is Cc1ccc([C@]2(C)CC(C)(C)Nc3ccc(C(c4ccccc4)(c4ccccc4)c4ccccc4)cc32)cc1. The molecule has 0 saturated carbocycles. The van der Waals surface area contributed by atoms with Crippen LogP contribution in [0.1, 0.15) is 66.1 Å². The molecule has 1 heteroatoms. The van der Waals surface area contributed by atoms with E-state index in [-0.39, 0.29) is 11.0 Å². The van der Waals surface area contributed by atoms with Gasteiger partial charge < -0.3 is 5.32 Å². The summed E-state index contributed by atoms with van der Waals surface area (Å²) in [6.45, 7) is 9.23. The second kappa shape index (κ2) is 9.58. The average molecular weight is 508 g/mol. The van der Waals surface area contributed by atoms with E-state index >= 15 is 0 Å². The van der Waals surface area contributed by atoms with Gasteiger partial charge in [-0.3, -0.25) is 0 Å². The predicted molar refractivity (Wildman–Crippen MR) is 165 cm³/mol. The highest BCUT2D eigenvalue weighted by Gasteiger charge is 2.44. The number of aryl methyl sites for hydroxylation is 1. The second-order valence-corrected chi connectivity index (χ2v) is 12.0. The number of fused-ring (bicyclic) bond motifs is 1. The minimum atomic E-state index is -0.458. The van der Waals surface area contributed by atoms with Crippen LogP contribution in [-0.4, -0.2) is 5.54 Å². The molecule has 1 aliphatic heterocycles. The first kappa shape index (κ1) is 25.2. The molecule has 0 unspecified atom stereocenters. The normalized spacial score (nSPS) is 18.2. The van der Waals surface area contributed by atoms with Crippen molar-refractivity contribution in [2.75, 3.05) is 5.32 Å². The molecule has 39 heavy (non-hydrogen) atoms.